The van der Waals surface area contributed by atoms with Crippen LogP contribution in [0.15, 0.2) is 11.6 Å². The lowest BCUT2D eigenvalue weighted by Crippen LogP contribution is -2.26. The maximum atomic E-state index is 10.1. The Hall–Kier alpha value is -0.380. The highest BCUT2D eigenvalue weighted by Crippen LogP contribution is 2.42. The standard InChI is InChI=1S/C17H30O3/c1-19-17(20-2)12-15(18)11-10-14-8-5-7-13-6-3-4-9-16(13)14/h6,14-18H,3-5,7-12H2,1-2H3. The van der Waals surface area contributed by atoms with Crippen LogP contribution in [0, 0.1) is 11.8 Å². The van der Waals surface area contributed by atoms with Crippen LogP contribution >= 0.6 is 0 Å². The van der Waals surface area contributed by atoms with Gasteiger partial charge in [-0.15, -0.1) is 0 Å². The highest BCUT2D eigenvalue weighted by Gasteiger charge is 2.30. The van der Waals surface area contributed by atoms with Crippen LogP contribution in [0.2, 0.25) is 0 Å². The van der Waals surface area contributed by atoms with Gasteiger partial charge in [-0.25, -0.2) is 0 Å². The highest BCUT2D eigenvalue weighted by molar-refractivity contribution is 5.13. The van der Waals surface area contributed by atoms with E-state index in [0.29, 0.717) is 6.42 Å². The fraction of sp³-hybridized carbons (Fsp3) is 0.882. The number of methoxy groups -OCH3 is 2. The molecule has 0 amide bonds. The Morgan fingerprint density at radius 3 is 2.80 bits per heavy atom. The van der Waals surface area contributed by atoms with Gasteiger partial charge in [-0.05, 0) is 63.2 Å². The van der Waals surface area contributed by atoms with Gasteiger partial charge >= 0.3 is 0 Å². The van der Waals surface area contributed by atoms with Crippen molar-refractivity contribution in [2.75, 3.05) is 14.2 Å². The summed E-state index contributed by atoms with van der Waals surface area (Å²) in [4.78, 5) is 0. The molecule has 3 atom stereocenters. The summed E-state index contributed by atoms with van der Waals surface area (Å²) in [5.74, 6) is 1.60. The summed E-state index contributed by atoms with van der Waals surface area (Å²) in [5, 5.41) is 10.1. The first-order valence-corrected chi connectivity index (χ1v) is 8.17. The van der Waals surface area contributed by atoms with Crippen molar-refractivity contribution in [3.63, 3.8) is 0 Å². The minimum atomic E-state index is -0.308. The molecule has 0 aromatic heterocycles. The number of rotatable bonds is 7. The summed E-state index contributed by atoms with van der Waals surface area (Å²) in [5.41, 5.74) is 1.72. The molecule has 1 fully saturated rings. The smallest absolute Gasteiger partial charge is 0.159 e. The lowest BCUT2D eigenvalue weighted by atomic mass is 9.69. The molecule has 0 aromatic carbocycles. The number of fused-ring (bicyclic) bond motifs is 1. The first-order chi connectivity index (χ1) is 9.74. The maximum absolute atomic E-state index is 10.1. The monoisotopic (exact) mass is 282 g/mol. The topological polar surface area (TPSA) is 38.7 Å². The third kappa shape index (κ3) is 4.31. The number of hydrogen-bond donors (Lipinski definition) is 1. The third-order valence-electron chi connectivity index (χ3n) is 5.07. The number of aliphatic hydroxyl groups excluding tert-OH is 1. The molecule has 0 heterocycles. The zero-order chi connectivity index (χ0) is 14.4. The Kier molecular flexibility index (Phi) is 6.53. The van der Waals surface area contributed by atoms with Crippen molar-refractivity contribution in [3.8, 4) is 0 Å². The predicted molar refractivity (Wildman–Crippen MR) is 80.4 cm³/mol. The van der Waals surface area contributed by atoms with Crippen LogP contribution < -0.4 is 0 Å². The van der Waals surface area contributed by atoms with Gasteiger partial charge in [-0.2, -0.15) is 0 Å². The van der Waals surface area contributed by atoms with Crippen molar-refractivity contribution < 1.29 is 14.6 Å². The summed E-state index contributed by atoms with van der Waals surface area (Å²) in [6, 6.07) is 0. The number of allylic oxidation sites excluding steroid dienone is 2. The second-order valence-electron chi connectivity index (χ2n) is 6.34. The van der Waals surface area contributed by atoms with E-state index in [4.69, 9.17) is 9.47 Å². The summed E-state index contributed by atoms with van der Waals surface area (Å²) >= 11 is 0. The molecule has 0 radical (unpaired) electrons. The van der Waals surface area contributed by atoms with E-state index in [2.05, 4.69) is 6.08 Å². The molecule has 0 aliphatic heterocycles. The van der Waals surface area contributed by atoms with Gasteiger partial charge in [0.25, 0.3) is 0 Å². The molecule has 2 aliphatic carbocycles. The lowest BCUT2D eigenvalue weighted by molar-refractivity contribution is -0.123. The molecule has 20 heavy (non-hydrogen) atoms. The average molecular weight is 282 g/mol. The van der Waals surface area contributed by atoms with E-state index in [-0.39, 0.29) is 12.4 Å². The second-order valence-corrected chi connectivity index (χ2v) is 6.34. The zero-order valence-corrected chi connectivity index (χ0v) is 13.0. The van der Waals surface area contributed by atoms with E-state index in [0.717, 1.165) is 24.7 Å². The normalized spacial score (nSPS) is 28.1. The molecule has 2 rings (SSSR count). The van der Waals surface area contributed by atoms with Gasteiger partial charge < -0.3 is 14.6 Å². The van der Waals surface area contributed by atoms with Gasteiger partial charge in [0.15, 0.2) is 6.29 Å². The fourth-order valence-electron chi connectivity index (χ4n) is 3.94. The summed E-state index contributed by atoms with van der Waals surface area (Å²) < 4.78 is 10.3. The van der Waals surface area contributed by atoms with Crippen LogP contribution in [0.5, 0.6) is 0 Å². The Morgan fingerprint density at radius 2 is 2.05 bits per heavy atom. The van der Waals surface area contributed by atoms with Crippen LogP contribution in [0.1, 0.15) is 57.8 Å². The molecule has 2 aliphatic rings. The molecule has 3 unspecified atom stereocenters. The number of ether oxygens (including phenoxy) is 2. The van der Waals surface area contributed by atoms with Gasteiger partial charge in [0, 0.05) is 20.6 Å². The van der Waals surface area contributed by atoms with E-state index >= 15 is 0 Å². The van der Waals surface area contributed by atoms with Gasteiger partial charge in [0.2, 0.25) is 0 Å². The number of aliphatic hydroxyl groups is 1. The lowest BCUT2D eigenvalue weighted by Gasteiger charge is -2.37. The van der Waals surface area contributed by atoms with Crippen LogP contribution in [0.3, 0.4) is 0 Å². The van der Waals surface area contributed by atoms with Crippen LogP contribution in [0.4, 0.5) is 0 Å². The Bertz CT molecular complexity index is 309. The van der Waals surface area contributed by atoms with E-state index in [1.165, 1.54) is 38.5 Å². The number of hydrogen-bond acceptors (Lipinski definition) is 3. The molecule has 116 valence electrons. The van der Waals surface area contributed by atoms with Crippen molar-refractivity contribution in [3.05, 3.63) is 11.6 Å². The van der Waals surface area contributed by atoms with E-state index in [1.807, 2.05) is 0 Å². The molecule has 3 heteroatoms. The molecule has 0 spiro atoms. The molecule has 0 bridgehead atoms. The minimum absolute atomic E-state index is 0.276. The molecular formula is C17H30O3. The van der Waals surface area contributed by atoms with Crippen molar-refractivity contribution in [1.82, 2.24) is 0 Å². The second kappa shape index (κ2) is 8.16. The SMILES string of the molecule is COC(CC(O)CCC1CCCC2=CCCCC21)OC. The molecule has 1 saturated carbocycles. The van der Waals surface area contributed by atoms with Gasteiger partial charge in [0.1, 0.15) is 0 Å². The third-order valence-corrected chi connectivity index (χ3v) is 5.07. The van der Waals surface area contributed by atoms with Gasteiger partial charge in [0.05, 0.1) is 6.10 Å². The first kappa shape index (κ1) is 16.0. The molecular weight excluding hydrogens is 252 g/mol. The Morgan fingerprint density at radius 1 is 1.25 bits per heavy atom. The zero-order valence-electron chi connectivity index (χ0n) is 13.0. The molecule has 1 N–H and O–H groups in total. The Balaban J connectivity index is 1.78. The van der Waals surface area contributed by atoms with Gasteiger partial charge in [-0.1, -0.05) is 11.6 Å². The van der Waals surface area contributed by atoms with Crippen LogP contribution in [0.25, 0.3) is 0 Å². The molecule has 0 aromatic rings. The fourth-order valence-corrected chi connectivity index (χ4v) is 3.94. The molecule has 3 nitrogen and oxygen atoms in total. The Labute approximate surface area is 123 Å². The van der Waals surface area contributed by atoms with Crippen LogP contribution in [-0.2, 0) is 9.47 Å². The molecule has 0 saturated heterocycles. The van der Waals surface area contributed by atoms with E-state index in [1.54, 1.807) is 19.8 Å². The summed E-state index contributed by atoms with van der Waals surface area (Å²) in [7, 11) is 3.25. The maximum Gasteiger partial charge on any atom is 0.159 e. The van der Waals surface area contributed by atoms with E-state index < -0.39 is 0 Å². The van der Waals surface area contributed by atoms with E-state index in [9.17, 15) is 5.11 Å². The van der Waals surface area contributed by atoms with Crippen molar-refractivity contribution in [2.24, 2.45) is 11.8 Å². The quantitative estimate of drug-likeness (QED) is 0.572. The predicted octanol–water partition coefficient (Wildman–Crippen LogP) is 3.66. The largest absolute Gasteiger partial charge is 0.393 e. The van der Waals surface area contributed by atoms with Crippen LogP contribution in [-0.4, -0.2) is 31.7 Å². The van der Waals surface area contributed by atoms with Crippen molar-refractivity contribution in [1.29, 1.82) is 0 Å². The van der Waals surface area contributed by atoms with Gasteiger partial charge in [-0.3, -0.25) is 0 Å². The van der Waals surface area contributed by atoms with Crippen molar-refractivity contribution in [2.45, 2.75) is 70.2 Å². The summed E-state index contributed by atoms with van der Waals surface area (Å²) in [6.07, 6.45) is 12.5. The summed E-state index contributed by atoms with van der Waals surface area (Å²) in [6.45, 7) is 0. The average Bonchev–Trinajstić information content (AvgIpc) is 2.50. The highest BCUT2D eigenvalue weighted by atomic mass is 16.7. The first-order valence-electron chi connectivity index (χ1n) is 8.17. The van der Waals surface area contributed by atoms with Crippen molar-refractivity contribution >= 4 is 0 Å². The minimum Gasteiger partial charge on any atom is -0.393 e.